The summed E-state index contributed by atoms with van der Waals surface area (Å²) in [5.41, 5.74) is 6.64. The predicted molar refractivity (Wildman–Crippen MR) is 103 cm³/mol. The molecule has 0 spiro atoms. The minimum absolute atomic E-state index is 0.0982. The molecule has 0 fully saturated rings. The molecular formula is C21H17N3O3. The number of aromatic hydroxyl groups is 1. The highest BCUT2D eigenvalue weighted by Crippen LogP contribution is 2.24. The van der Waals surface area contributed by atoms with E-state index < -0.39 is 5.91 Å². The van der Waals surface area contributed by atoms with Gasteiger partial charge in [0.25, 0.3) is 5.91 Å². The van der Waals surface area contributed by atoms with E-state index in [2.05, 4.69) is 15.8 Å². The number of para-hydroxylation sites is 1. The van der Waals surface area contributed by atoms with Crippen LogP contribution in [0.3, 0.4) is 0 Å². The highest BCUT2D eigenvalue weighted by molar-refractivity contribution is 6.02. The normalized spacial score (nSPS) is 10.8. The third kappa shape index (κ3) is 3.32. The summed E-state index contributed by atoms with van der Waals surface area (Å²) in [6.45, 7) is 0. The van der Waals surface area contributed by atoms with Crippen LogP contribution in [-0.4, -0.2) is 21.9 Å². The van der Waals surface area contributed by atoms with Crippen molar-refractivity contribution in [3.63, 3.8) is 0 Å². The zero-order chi connectivity index (χ0) is 18.8. The first-order valence-corrected chi connectivity index (χ1v) is 8.48. The largest absolute Gasteiger partial charge is 0.507 e. The Labute approximate surface area is 154 Å². The van der Waals surface area contributed by atoms with E-state index in [1.807, 2.05) is 48.5 Å². The Hall–Kier alpha value is -3.80. The van der Waals surface area contributed by atoms with Gasteiger partial charge < -0.3 is 10.1 Å². The van der Waals surface area contributed by atoms with E-state index in [1.54, 1.807) is 12.3 Å². The molecule has 1 aromatic heterocycles. The number of nitrogens with one attached hydrogen (secondary N) is 3. The fraction of sp³-hybridized carbons (Fsp3) is 0.0476. The van der Waals surface area contributed by atoms with Gasteiger partial charge in [-0.1, -0.05) is 42.5 Å². The van der Waals surface area contributed by atoms with Gasteiger partial charge >= 0.3 is 0 Å². The van der Waals surface area contributed by atoms with Gasteiger partial charge in [0.05, 0.1) is 12.0 Å². The average molecular weight is 359 g/mol. The molecule has 134 valence electrons. The monoisotopic (exact) mass is 359 g/mol. The van der Waals surface area contributed by atoms with Crippen molar-refractivity contribution in [2.75, 3.05) is 0 Å². The van der Waals surface area contributed by atoms with Crippen LogP contribution in [0, 0.1) is 0 Å². The second-order valence-electron chi connectivity index (χ2n) is 6.26. The van der Waals surface area contributed by atoms with Crippen LogP contribution in [-0.2, 0) is 11.2 Å². The van der Waals surface area contributed by atoms with E-state index in [0.29, 0.717) is 0 Å². The maximum absolute atomic E-state index is 12.3. The van der Waals surface area contributed by atoms with Crippen molar-refractivity contribution in [3.05, 3.63) is 78.0 Å². The minimum Gasteiger partial charge on any atom is -0.507 e. The molecule has 4 aromatic rings. The minimum atomic E-state index is -0.578. The Balaban J connectivity index is 1.44. The summed E-state index contributed by atoms with van der Waals surface area (Å²) in [5, 5.41) is 12.7. The zero-order valence-electron chi connectivity index (χ0n) is 14.3. The molecule has 27 heavy (non-hydrogen) atoms. The van der Waals surface area contributed by atoms with Gasteiger partial charge in [0.2, 0.25) is 5.91 Å². The Kier molecular flexibility index (Phi) is 4.22. The number of rotatable bonds is 3. The summed E-state index contributed by atoms with van der Waals surface area (Å²) >= 11 is 0. The lowest BCUT2D eigenvalue weighted by molar-refractivity contribution is -0.121. The number of amides is 2. The molecule has 0 saturated carbocycles. The molecule has 0 bridgehead atoms. The molecule has 0 aliphatic carbocycles. The van der Waals surface area contributed by atoms with Crippen molar-refractivity contribution < 1.29 is 14.7 Å². The van der Waals surface area contributed by atoms with Crippen molar-refractivity contribution in [1.82, 2.24) is 15.8 Å². The van der Waals surface area contributed by atoms with Crippen LogP contribution in [0.4, 0.5) is 0 Å². The molecule has 0 unspecified atom stereocenters. The summed E-state index contributed by atoms with van der Waals surface area (Å²) in [6, 6.07) is 18.2. The van der Waals surface area contributed by atoms with Crippen LogP contribution in [0.5, 0.6) is 5.75 Å². The number of carbonyl (C=O) groups is 2. The molecule has 0 saturated heterocycles. The summed E-state index contributed by atoms with van der Waals surface area (Å²) in [6.07, 6.45) is 1.90. The zero-order valence-corrected chi connectivity index (χ0v) is 14.3. The smallest absolute Gasteiger partial charge is 0.273 e. The molecule has 0 radical (unpaired) electrons. The van der Waals surface area contributed by atoms with Crippen molar-refractivity contribution in [1.29, 1.82) is 0 Å². The van der Waals surface area contributed by atoms with Gasteiger partial charge in [-0.3, -0.25) is 20.4 Å². The molecule has 1 heterocycles. The van der Waals surface area contributed by atoms with Gasteiger partial charge in [-0.15, -0.1) is 0 Å². The fourth-order valence-electron chi connectivity index (χ4n) is 3.10. The predicted octanol–water partition coefficient (Wildman–Crippen LogP) is 3.03. The highest BCUT2D eigenvalue weighted by atomic mass is 16.3. The maximum atomic E-state index is 12.3. The summed E-state index contributed by atoms with van der Waals surface area (Å²) in [4.78, 5) is 27.6. The molecule has 2 amide bonds. The topological polar surface area (TPSA) is 94.2 Å². The number of hydrazine groups is 1. The summed E-state index contributed by atoms with van der Waals surface area (Å²) in [7, 11) is 0. The molecule has 4 rings (SSSR count). The number of hydrogen-bond acceptors (Lipinski definition) is 3. The number of benzene rings is 3. The number of fused-ring (bicyclic) bond motifs is 2. The molecule has 6 nitrogen and oxygen atoms in total. The molecule has 3 aromatic carbocycles. The maximum Gasteiger partial charge on any atom is 0.273 e. The lowest BCUT2D eigenvalue weighted by Crippen LogP contribution is -2.42. The Morgan fingerprint density at radius 1 is 0.926 bits per heavy atom. The van der Waals surface area contributed by atoms with E-state index in [4.69, 9.17) is 0 Å². The number of aromatic amines is 1. The quantitative estimate of drug-likeness (QED) is 0.424. The molecule has 6 heteroatoms. The number of carbonyl (C=O) groups excluding carboxylic acids is 2. The van der Waals surface area contributed by atoms with Crippen LogP contribution in [0.15, 0.2) is 66.9 Å². The van der Waals surface area contributed by atoms with Crippen LogP contribution in [0.1, 0.15) is 15.9 Å². The van der Waals surface area contributed by atoms with Crippen LogP contribution in [0.2, 0.25) is 0 Å². The Morgan fingerprint density at radius 2 is 1.63 bits per heavy atom. The van der Waals surface area contributed by atoms with E-state index >= 15 is 0 Å². The second-order valence-corrected chi connectivity index (χ2v) is 6.26. The number of aromatic nitrogens is 1. The van der Waals surface area contributed by atoms with E-state index in [-0.39, 0.29) is 23.6 Å². The van der Waals surface area contributed by atoms with Gasteiger partial charge in [-0.2, -0.15) is 0 Å². The molecule has 0 aliphatic rings. The number of hydrogen-bond donors (Lipinski definition) is 4. The van der Waals surface area contributed by atoms with E-state index in [9.17, 15) is 14.7 Å². The first kappa shape index (κ1) is 16.7. The van der Waals surface area contributed by atoms with Gasteiger partial charge in [0.1, 0.15) is 5.75 Å². The number of phenolic OH excluding ortho intramolecular Hbond substituents is 1. The highest BCUT2D eigenvalue weighted by Gasteiger charge is 2.14. The lowest BCUT2D eigenvalue weighted by atomic mass is 10.1. The van der Waals surface area contributed by atoms with Crippen molar-refractivity contribution in [3.8, 4) is 5.75 Å². The molecular weight excluding hydrogens is 342 g/mol. The van der Waals surface area contributed by atoms with Crippen molar-refractivity contribution in [2.24, 2.45) is 0 Å². The molecule has 0 aliphatic heterocycles. The third-order valence-electron chi connectivity index (χ3n) is 4.45. The second kappa shape index (κ2) is 6.84. The molecule has 0 atom stereocenters. The first-order chi connectivity index (χ1) is 13.1. The van der Waals surface area contributed by atoms with Crippen LogP contribution in [0.25, 0.3) is 21.7 Å². The van der Waals surface area contributed by atoms with Gasteiger partial charge in [0.15, 0.2) is 0 Å². The van der Waals surface area contributed by atoms with Crippen LogP contribution < -0.4 is 10.9 Å². The summed E-state index contributed by atoms with van der Waals surface area (Å²) in [5.74, 6) is -1.07. The van der Waals surface area contributed by atoms with Crippen molar-refractivity contribution in [2.45, 2.75) is 6.42 Å². The third-order valence-corrected chi connectivity index (χ3v) is 4.45. The van der Waals surface area contributed by atoms with Crippen LogP contribution >= 0.6 is 0 Å². The molecule has 4 N–H and O–H groups in total. The van der Waals surface area contributed by atoms with E-state index in [0.717, 1.165) is 27.2 Å². The summed E-state index contributed by atoms with van der Waals surface area (Å²) < 4.78 is 0. The SMILES string of the molecule is O=C(Cc1c[nH]c2ccccc12)NNC(=O)c1cc2ccccc2cc1O. The Bertz CT molecular complexity index is 1160. The van der Waals surface area contributed by atoms with Gasteiger partial charge in [-0.25, -0.2) is 0 Å². The standard InChI is InChI=1S/C21H17N3O3/c25-19-10-14-6-2-1-5-13(14)9-17(19)21(27)24-23-20(26)11-15-12-22-18-8-4-3-7-16(15)18/h1-10,12,22,25H,11H2,(H,23,26)(H,24,27). The average Bonchev–Trinajstić information content (AvgIpc) is 3.08. The van der Waals surface area contributed by atoms with E-state index in [1.165, 1.54) is 6.07 Å². The number of H-pyrrole nitrogens is 1. The van der Waals surface area contributed by atoms with Gasteiger partial charge in [0, 0.05) is 17.1 Å². The van der Waals surface area contributed by atoms with Gasteiger partial charge in [-0.05, 0) is 34.5 Å². The number of phenols is 1. The van der Waals surface area contributed by atoms with Crippen molar-refractivity contribution >= 4 is 33.5 Å². The lowest BCUT2D eigenvalue weighted by Gasteiger charge is -2.09. The first-order valence-electron chi connectivity index (χ1n) is 8.48. The fourth-order valence-corrected chi connectivity index (χ4v) is 3.10. The Morgan fingerprint density at radius 3 is 2.44 bits per heavy atom.